The maximum Gasteiger partial charge on any atom is 0.261 e. The van der Waals surface area contributed by atoms with Gasteiger partial charge < -0.3 is 0 Å². The molecule has 1 atom stereocenters. The zero-order valence-corrected chi connectivity index (χ0v) is 10.9. The highest BCUT2D eigenvalue weighted by molar-refractivity contribution is 7.89. The van der Waals surface area contributed by atoms with Gasteiger partial charge in [0.05, 0.1) is 4.90 Å². The molecule has 3 N–H and O–H groups in total. The van der Waals surface area contributed by atoms with Crippen molar-refractivity contribution in [3.05, 3.63) is 30.3 Å². The SMILES string of the molecule is CC(C)C(NS(=O)(=O)c1ccccc1)C(=O)NO. The fourth-order valence-corrected chi connectivity index (χ4v) is 2.76. The molecule has 0 aromatic heterocycles. The van der Waals surface area contributed by atoms with Crippen LogP contribution in [0.5, 0.6) is 0 Å². The first kappa shape index (κ1) is 14.6. The molecule has 0 aliphatic heterocycles. The van der Waals surface area contributed by atoms with E-state index in [-0.39, 0.29) is 10.8 Å². The number of carbonyl (C=O) groups is 1. The molecule has 0 spiro atoms. The third-order valence-electron chi connectivity index (χ3n) is 2.39. The summed E-state index contributed by atoms with van der Waals surface area (Å²) in [6.07, 6.45) is 0. The second kappa shape index (κ2) is 5.94. The predicted molar refractivity (Wildman–Crippen MR) is 65.3 cm³/mol. The second-order valence-electron chi connectivity index (χ2n) is 4.13. The first-order valence-electron chi connectivity index (χ1n) is 5.40. The fraction of sp³-hybridized carbons (Fsp3) is 0.364. The molecule has 0 fully saturated rings. The number of hydrogen-bond donors (Lipinski definition) is 3. The van der Waals surface area contributed by atoms with Crippen LogP contribution in [0.4, 0.5) is 0 Å². The van der Waals surface area contributed by atoms with Crippen molar-refractivity contribution in [2.75, 3.05) is 0 Å². The lowest BCUT2D eigenvalue weighted by Crippen LogP contribution is -2.48. The minimum atomic E-state index is -3.78. The number of carbonyl (C=O) groups excluding carboxylic acids is 1. The van der Waals surface area contributed by atoms with Gasteiger partial charge in [-0.2, -0.15) is 4.72 Å². The summed E-state index contributed by atoms with van der Waals surface area (Å²) in [5.41, 5.74) is 1.45. The summed E-state index contributed by atoms with van der Waals surface area (Å²) < 4.78 is 26.2. The first-order chi connectivity index (χ1) is 8.38. The summed E-state index contributed by atoms with van der Waals surface area (Å²) in [6, 6.07) is 6.70. The lowest BCUT2D eigenvalue weighted by atomic mass is 10.1. The lowest BCUT2D eigenvalue weighted by molar-refractivity contribution is -0.131. The highest BCUT2D eigenvalue weighted by atomic mass is 32.2. The Morgan fingerprint density at radius 1 is 1.22 bits per heavy atom. The van der Waals surface area contributed by atoms with Crippen LogP contribution in [0.2, 0.25) is 0 Å². The van der Waals surface area contributed by atoms with Gasteiger partial charge in [0.2, 0.25) is 10.0 Å². The lowest BCUT2D eigenvalue weighted by Gasteiger charge is -2.19. The van der Waals surface area contributed by atoms with Gasteiger partial charge in [-0.1, -0.05) is 32.0 Å². The van der Waals surface area contributed by atoms with E-state index in [1.807, 2.05) is 0 Å². The molecule has 0 saturated heterocycles. The van der Waals surface area contributed by atoms with E-state index in [1.54, 1.807) is 32.0 Å². The summed E-state index contributed by atoms with van der Waals surface area (Å²) in [6.45, 7) is 3.35. The number of amides is 1. The van der Waals surface area contributed by atoms with Crippen LogP contribution in [0, 0.1) is 5.92 Å². The van der Waals surface area contributed by atoms with Gasteiger partial charge in [0.1, 0.15) is 6.04 Å². The van der Waals surface area contributed by atoms with Crippen LogP contribution >= 0.6 is 0 Å². The van der Waals surface area contributed by atoms with E-state index in [2.05, 4.69) is 4.72 Å². The second-order valence-corrected chi connectivity index (χ2v) is 5.85. The summed E-state index contributed by atoms with van der Waals surface area (Å²) in [5, 5.41) is 8.59. The smallest absolute Gasteiger partial charge is 0.261 e. The van der Waals surface area contributed by atoms with Crippen molar-refractivity contribution >= 4 is 15.9 Å². The van der Waals surface area contributed by atoms with E-state index in [4.69, 9.17) is 5.21 Å². The molecule has 18 heavy (non-hydrogen) atoms. The topological polar surface area (TPSA) is 95.5 Å². The predicted octanol–water partition coefficient (Wildman–Crippen LogP) is 0.495. The van der Waals surface area contributed by atoms with Gasteiger partial charge >= 0.3 is 0 Å². The molecule has 1 aromatic carbocycles. The van der Waals surface area contributed by atoms with Gasteiger partial charge in [-0.15, -0.1) is 0 Å². The average Bonchev–Trinajstić information content (AvgIpc) is 2.36. The molecule has 7 heteroatoms. The molecule has 100 valence electrons. The molecule has 0 heterocycles. The van der Waals surface area contributed by atoms with Gasteiger partial charge in [-0.25, -0.2) is 13.9 Å². The highest BCUT2D eigenvalue weighted by Gasteiger charge is 2.27. The number of nitrogens with one attached hydrogen (secondary N) is 2. The maximum absolute atomic E-state index is 12.0. The Morgan fingerprint density at radius 2 is 1.78 bits per heavy atom. The van der Waals surface area contributed by atoms with E-state index < -0.39 is 22.0 Å². The standard InChI is InChI=1S/C11H16N2O4S/c1-8(2)10(11(14)12-15)13-18(16,17)9-6-4-3-5-7-9/h3-8,10,13,15H,1-2H3,(H,12,14). The van der Waals surface area contributed by atoms with E-state index in [0.717, 1.165) is 0 Å². The number of benzene rings is 1. The largest absolute Gasteiger partial charge is 0.289 e. The molecular formula is C11H16N2O4S. The van der Waals surface area contributed by atoms with Gasteiger partial charge in [0, 0.05) is 0 Å². The van der Waals surface area contributed by atoms with Crippen LogP contribution in [0.3, 0.4) is 0 Å². The Kier molecular flexibility index (Phi) is 4.83. The van der Waals surface area contributed by atoms with Crippen molar-refractivity contribution in [2.45, 2.75) is 24.8 Å². The molecule has 1 aromatic rings. The van der Waals surface area contributed by atoms with Crippen LogP contribution in [0.15, 0.2) is 35.2 Å². The Hall–Kier alpha value is -1.44. The van der Waals surface area contributed by atoms with E-state index >= 15 is 0 Å². The van der Waals surface area contributed by atoms with Gasteiger partial charge in [-0.3, -0.25) is 10.0 Å². The molecule has 1 rings (SSSR count). The van der Waals surface area contributed by atoms with Crippen molar-refractivity contribution in [3.63, 3.8) is 0 Å². The van der Waals surface area contributed by atoms with Crippen LogP contribution in [0.25, 0.3) is 0 Å². The highest BCUT2D eigenvalue weighted by Crippen LogP contribution is 2.11. The molecule has 0 bridgehead atoms. The van der Waals surface area contributed by atoms with Gasteiger partial charge in [0.15, 0.2) is 0 Å². The van der Waals surface area contributed by atoms with Gasteiger partial charge in [0.25, 0.3) is 5.91 Å². The average molecular weight is 272 g/mol. The van der Waals surface area contributed by atoms with Crippen LogP contribution in [0.1, 0.15) is 13.8 Å². The third kappa shape index (κ3) is 3.52. The van der Waals surface area contributed by atoms with Gasteiger partial charge in [-0.05, 0) is 18.1 Å². The summed E-state index contributed by atoms with van der Waals surface area (Å²) in [5.74, 6) is -1.08. The minimum Gasteiger partial charge on any atom is -0.289 e. The third-order valence-corrected chi connectivity index (χ3v) is 3.85. The number of hydrogen-bond acceptors (Lipinski definition) is 4. The molecule has 6 nitrogen and oxygen atoms in total. The molecule has 0 saturated carbocycles. The molecule has 1 unspecified atom stereocenters. The fourth-order valence-electron chi connectivity index (χ4n) is 1.40. The zero-order valence-electron chi connectivity index (χ0n) is 10.1. The Morgan fingerprint density at radius 3 is 2.22 bits per heavy atom. The molecule has 0 aliphatic rings. The zero-order chi connectivity index (χ0) is 13.8. The Labute approximate surface area is 106 Å². The van der Waals surface area contributed by atoms with E-state index in [0.29, 0.717) is 0 Å². The quantitative estimate of drug-likeness (QED) is 0.537. The van der Waals surface area contributed by atoms with Crippen molar-refractivity contribution in [1.29, 1.82) is 0 Å². The molecule has 1 amide bonds. The monoisotopic (exact) mass is 272 g/mol. The van der Waals surface area contributed by atoms with Crippen molar-refractivity contribution in [3.8, 4) is 0 Å². The number of hydroxylamine groups is 1. The molecule has 0 radical (unpaired) electrons. The van der Waals surface area contributed by atoms with Crippen LogP contribution in [-0.4, -0.2) is 25.6 Å². The van der Waals surface area contributed by atoms with Crippen molar-refractivity contribution < 1.29 is 18.4 Å². The van der Waals surface area contributed by atoms with Crippen molar-refractivity contribution in [1.82, 2.24) is 10.2 Å². The van der Waals surface area contributed by atoms with Crippen LogP contribution < -0.4 is 10.2 Å². The van der Waals surface area contributed by atoms with Crippen molar-refractivity contribution in [2.24, 2.45) is 5.92 Å². The number of rotatable bonds is 5. The summed E-state index contributed by atoms with van der Waals surface area (Å²) in [7, 11) is -3.78. The summed E-state index contributed by atoms with van der Waals surface area (Å²) >= 11 is 0. The Bertz CT molecular complexity index is 499. The minimum absolute atomic E-state index is 0.0707. The Balaban J connectivity index is 2.97. The normalized spacial score (nSPS) is 13.3. The number of sulfonamides is 1. The van der Waals surface area contributed by atoms with E-state index in [1.165, 1.54) is 17.6 Å². The summed E-state index contributed by atoms with van der Waals surface area (Å²) in [4.78, 5) is 11.4. The maximum atomic E-state index is 12.0. The molecular weight excluding hydrogens is 256 g/mol. The van der Waals surface area contributed by atoms with Crippen LogP contribution in [-0.2, 0) is 14.8 Å². The van der Waals surface area contributed by atoms with E-state index in [9.17, 15) is 13.2 Å². The first-order valence-corrected chi connectivity index (χ1v) is 6.88. The molecule has 0 aliphatic carbocycles.